The second-order valence-electron chi connectivity index (χ2n) is 2.78. The van der Waals surface area contributed by atoms with E-state index in [1.807, 2.05) is 19.1 Å². The van der Waals surface area contributed by atoms with E-state index in [-0.39, 0.29) is 0 Å². The molecule has 0 amide bonds. The second kappa shape index (κ2) is 3.56. The van der Waals surface area contributed by atoms with Gasteiger partial charge in [0, 0.05) is 22.8 Å². The molecule has 0 fully saturated rings. The molecule has 3 nitrogen and oxygen atoms in total. The van der Waals surface area contributed by atoms with Crippen molar-refractivity contribution in [2.45, 2.75) is 6.92 Å². The Labute approximate surface area is 85.7 Å². The summed E-state index contributed by atoms with van der Waals surface area (Å²) in [5.74, 6) is 0. The van der Waals surface area contributed by atoms with Gasteiger partial charge >= 0.3 is 0 Å². The molecule has 0 unspecified atom stereocenters. The van der Waals surface area contributed by atoms with Crippen molar-refractivity contribution < 1.29 is 0 Å². The van der Waals surface area contributed by atoms with Crippen LogP contribution in [0.25, 0.3) is 10.6 Å². The zero-order chi connectivity index (χ0) is 9.97. The molecule has 0 saturated carbocycles. The average Bonchev–Trinajstić information content (AvgIpc) is 2.61. The van der Waals surface area contributed by atoms with Crippen LogP contribution in [-0.2, 0) is 0 Å². The minimum atomic E-state index is 0.508. The topological polar surface area (TPSA) is 49.6 Å². The molecule has 0 saturated heterocycles. The van der Waals surface area contributed by atoms with Crippen molar-refractivity contribution in [3.63, 3.8) is 0 Å². The van der Waals surface area contributed by atoms with Gasteiger partial charge in [-0.25, -0.2) is 4.98 Å². The highest BCUT2D eigenvalue weighted by Crippen LogP contribution is 2.26. The second-order valence-corrected chi connectivity index (χ2v) is 3.98. The lowest BCUT2D eigenvalue weighted by molar-refractivity contribution is 1.28. The largest absolute Gasteiger partial charge is 0.264 e. The molecular weight excluding hydrogens is 194 g/mol. The summed E-state index contributed by atoms with van der Waals surface area (Å²) in [7, 11) is 0. The number of hydrogen-bond donors (Lipinski definition) is 0. The number of nitrogens with zero attached hydrogens (tertiary/aromatic N) is 3. The molecule has 2 rings (SSSR count). The van der Waals surface area contributed by atoms with E-state index in [0.29, 0.717) is 5.69 Å². The predicted molar refractivity (Wildman–Crippen MR) is 54.8 cm³/mol. The number of rotatable bonds is 1. The van der Waals surface area contributed by atoms with Crippen LogP contribution in [0.1, 0.15) is 10.6 Å². The first-order chi connectivity index (χ1) is 6.81. The van der Waals surface area contributed by atoms with E-state index in [4.69, 9.17) is 5.26 Å². The molecule has 0 bridgehead atoms. The molecule has 0 aliphatic heterocycles. The van der Waals surface area contributed by atoms with Crippen LogP contribution in [0.5, 0.6) is 0 Å². The maximum Gasteiger partial charge on any atom is 0.155 e. The van der Waals surface area contributed by atoms with Gasteiger partial charge in [0.05, 0.1) is 0 Å². The van der Waals surface area contributed by atoms with Crippen LogP contribution in [0.2, 0.25) is 0 Å². The van der Waals surface area contributed by atoms with Crippen LogP contribution >= 0.6 is 11.3 Å². The van der Waals surface area contributed by atoms with Gasteiger partial charge in [0.15, 0.2) is 5.69 Å². The van der Waals surface area contributed by atoms with Crippen molar-refractivity contribution in [3.05, 3.63) is 35.1 Å². The summed E-state index contributed by atoms with van der Waals surface area (Å²) in [4.78, 5) is 9.18. The van der Waals surface area contributed by atoms with Crippen molar-refractivity contribution in [1.82, 2.24) is 9.97 Å². The van der Waals surface area contributed by atoms with Gasteiger partial charge in [-0.05, 0) is 19.1 Å². The molecule has 2 aromatic rings. The zero-order valence-electron chi connectivity index (χ0n) is 7.56. The van der Waals surface area contributed by atoms with Gasteiger partial charge in [0.1, 0.15) is 11.1 Å². The van der Waals surface area contributed by atoms with Crippen molar-refractivity contribution in [2.75, 3.05) is 0 Å². The van der Waals surface area contributed by atoms with E-state index >= 15 is 0 Å². The van der Waals surface area contributed by atoms with Crippen LogP contribution < -0.4 is 0 Å². The first kappa shape index (κ1) is 8.85. The Balaban J connectivity index is 2.50. The number of aromatic nitrogens is 2. The summed E-state index contributed by atoms with van der Waals surface area (Å²) < 4.78 is 0. The smallest absolute Gasteiger partial charge is 0.155 e. The lowest BCUT2D eigenvalue weighted by Crippen LogP contribution is -1.79. The van der Waals surface area contributed by atoms with Gasteiger partial charge in [-0.15, -0.1) is 11.3 Å². The molecule has 2 aromatic heterocycles. The summed E-state index contributed by atoms with van der Waals surface area (Å²) in [6.07, 6.45) is 3.47. The highest BCUT2D eigenvalue weighted by atomic mass is 32.1. The molecule has 0 aliphatic rings. The third-order valence-electron chi connectivity index (χ3n) is 1.81. The highest BCUT2D eigenvalue weighted by Gasteiger charge is 2.07. The molecule has 0 spiro atoms. The van der Waals surface area contributed by atoms with Crippen molar-refractivity contribution in [3.8, 4) is 16.6 Å². The SMILES string of the molecule is Cc1sc(-c2cccnc2)nc1C#N. The third-order valence-corrected chi connectivity index (χ3v) is 2.83. The van der Waals surface area contributed by atoms with E-state index in [2.05, 4.69) is 16.0 Å². The summed E-state index contributed by atoms with van der Waals surface area (Å²) in [6.45, 7) is 1.90. The Morgan fingerprint density at radius 3 is 2.93 bits per heavy atom. The third kappa shape index (κ3) is 1.50. The zero-order valence-corrected chi connectivity index (χ0v) is 8.38. The number of nitriles is 1. The van der Waals surface area contributed by atoms with Crippen LogP contribution in [0, 0.1) is 18.3 Å². The molecule has 0 aliphatic carbocycles. The molecule has 0 atom stereocenters. The summed E-state index contributed by atoms with van der Waals surface area (Å²) in [5, 5.41) is 9.61. The molecule has 0 N–H and O–H groups in total. The first-order valence-corrected chi connectivity index (χ1v) is 4.91. The summed E-state index contributed by atoms with van der Waals surface area (Å²) in [5.41, 5.74) is 1.47. The molecule has 4 heteroatoms. The van der Waals surface area contributed by atoms with Gasteiger partial charge < -0.3 is 0 Å². The Morgan fingerprint density at radius 2 is 2.36 bits per heavy atom. The van der Waals surface area contributed by atoms with Gasteiger partial charge in [-0.1, -0.05) is 0 Å². The Hall–Kier alpha value is -1.73. The molecule has 0 aromatic carbocycles. The first-order valence-electron chi connectivity index (χ1n) is 4.09. The molecule has 14 heavy (non-hydrogen) atoms. The van der Waals surface area contributed by atoms with Crippen molar-refractivity contribution >= 4 is 11.3 Å². The molecular formula is C10H7N3S. The predicted octanol–water partition coefficient (Wildman–Crippen LogP) is 2.39. The van der Waals surface area contributed by atoms with Crippen LogP contribution in [0.15, 0.2) is 24.5 Å². The fraction of sp³-hybridized carbons (Fsp3) is 0.100. The summed E-state index contributed by atoms with van der Waals surface area (Å²) >= 11 is 1.52. The van der Waals surface area contributed by atoms with E-state index in [0.717, 1.165) is 15.4 Å². The number of pyridine rings is 1. The van der Waals surface area contributed by atoms with Crippen LogP contribution in [0.4, 0.5) is 0 Å². The Bertz CT molecular complexity index is 482. The quantitative estimate of drug-likeness (QED) is 0.711. The van der Waals surface area contributed by atoms with E-state index in [9.17, 15) is 0 Å². The van der Waals surface area contributed by atoms with E-state index < -0.39 is 0 Å². The van der Waals surface area contributed by atoms with Gasteiger partial charge in [0.25, 0.3) is 0 Å². The monoisotopic (exact) mass is 201 g/mol. The minimum Gasteiger partial charge on any atom is -0.264 e. The average molecular weight is 201 g/mol. The Kier molecular flexibility index (Phi) is 2.25. The van der Waals surface area contributed by atoms with Crippen LogP contribution in [-0.4, -0.2) is 9.97 Å². The van der Waals surface area contributed by atoms with Gasteiger partial charge in [0.2, 0.25) is 0 Å². The van der Waals surface area contributed by atoms with E-state index in [1.165, 1.54) is 11.3 Å². The number of thiazole rings is 1. The van der Waals surface area contributed by atoms with Crippen molar-refractivity contribution in [1.29, 1.82) is 5.26 Å². The highest BCUT2D eigenvalue weighted by molar-refractivity contribution is 7.15. The Morgan fingerprint density at radius 1 is 1.50 bits per heavy atom. The minimum absolute atomic E-state index is 0.508. The lowest BCUT2D eigenvalue weighted by atomic mass is 10.3. The lowest BCUT2D eigenvalue weighted by Gasteiger charge is -1.91. The van der Waals surface area contributed by atoms with Gasteiger partial charge in [-0.2, -0.15) is 5.26 Å². The molecule has 0 radical (unpaired) electrons. The summed E-state index contributed by atoms with van der Waals surface area (Å²) in [6, 6.07) is 5.86. The van der Waals surface area contributed by atoms with Crippen LogP contribution in [0.3, 0.4) is 0 Å². The number of aryl methyl sites for hydroxylation is 1. The maximum atomic E-state index is 8.76. The molecule has 68 valence electrons. The van der Waals surface area contributed by atoms with E-state index in [1.54, 1.807) is 12.4 Å². The fourth-order valence-corrected chi connectivity index (χ4v) is 1.97. The van der Waals surface area contributed by atoms with Gasteiger partial charge in [-0.3, -0.25) is 4.98 Å². The number of hydrogen-bond acceptors (Lipinski definition) is 4. The van der Waals surface area contributed by atoms with Crippen molar-refractivity contribution in [2.24, 2.45) is 0 Å². The standard InChI is InChI=1S/C10H7N3S/c1-7-9(5-11)13-10(14-7)8-3-2-4-12-6-8/h2-4,6H,1H3. The fourth-order valence-electron chi connectivity index (χ4n) is 1.11. The molecule has 2 heterocycles. The normalized spacial score (nSPS) is 9.71. The maximum absolute atomic E-state index is 8.76.